The molecule has 0 fully saturated rings. The molecule has 2 aromatic heterocycles. The standard InChI is InChI=1S/C22H25N3O4S2/c1-5-10-25-21(27)16-11-14(2)31-20(16)24-22(25)30-13-19(26)23-9-8-15-6-7-17(28-3)18(12-15)29-4/h5-7,11-12H,1,8-10,13H2,2-4H3,(H,23,26)/p+1. The quantitative estimate of drug-likeness (QED) is 0.286. The Bertz CT molecular complexity index is 1150. The van der Waals surface area contributed by atoms with E-state index in [1.54, 1.807) is 24.9 Å². The van der Waals surface area contributed by atoms with Crippen LogP contribution >= 0.6 is 23.1 Å². The first-order chi connectivity index (χ1) is 15.0. The molecular formula is C22H26N3O4S2+. The molecule has 0 spiro atoms. The van der Waals surface area contributed by atoms with Crippen LogP contribution in [-0.2, 0) is 17.8 Å². The molecule has 3 aromatic rings. The van der Waals surface area contributed by atoms with E-state index < -0.39 is 0 Å². The van der Waals surface area contributed by atoms with Crippen LogP contribution in [0.3, 0.4) is 0 Å². The Kier molecular flexibility index (Phi) is 7.75. The normalized spacial score (nSPS) is 10.8. The van der Waals surface area contributed by atoms with E-state index in [1.807, 2.05) is 31.2 Å². The van der Waals surface area contributed by atoms with Gasteiger partial charge in [-0.05, 0) is 48.9 Å². The number of H-pyrrole nitrogens is 1. The Balaban J connectivity index is 1.60. The Labute approximate surface area is 189 Å². The predicted molar refractivity (Wildman–Crippen MR) is 125 cm³/mol. The molecule has 0 aliphatic rings. The third kappa shape index (κ3) is 5.48. The van der Waals surface area contributed by atoms with Gasteiger partial charge in [-0.1, -0.05) is 30.1 Å². The number of rotatable bonds is 10. The van der Waals surface area contributed by atoms with Crippen LogP contribution in [-0.4, -0.2) is 37.0 Å². The number of fused-ring (bicyclic) bond motifs is 1. The number of nitrogens with one attached hydrogen (secondary N) is 2. The van der Waals surface area contributed by atoms with Crippen molar-refractivity contribution in [1.29, 1.82) is 0 Å². The zero-order valence-corrected chi connectivity index (χ0v) is 19.5. The molecule has 2 N–H and O–H groups in total. The Morgan fingerprint density at radius 3 is 2.77 bits per heavy atom. The molecule has 0 aliphatic heterocycles. The summed E-state index contributed by atoms with van der Waals surface area (Å²) >= 11 is 2.84. The molecular weight excluding hydrogens is 434 g/mol. The fourth-order valence-corrected chi connectivity index (χ4v) is 4.97. The summed E-state index contributed by atoms with van der Waals surface area (Å²) in [6.45, 7) is 6.58. The maximum Gasteiger partial charge on any atom is 0.347 e. The Hall–Kier alpha value is -2.78. The number of carbonyl (C=O) groups excluding carboxylic acids is 1. The number of thiophene rings is 1. The molecule has 1 amide bonds. The zero-order chi connectivity index (χ0) is 22.4. The van der Waals surface area contributed by atoms with Gasteiger partial charge in [0.15, 0.2) is 16.3 Å². The third-order valence-electron chi connectivity index (χ3n) is 4.63. The van der Waals surface area contributed by atoms with E-state index in [-0.39, 0.29) is 17.2 Å². The van der Waals surface area contributed by atoms with Gasteiger partial charge in [0.1, 0.15) is 11.9 Å². The molecule has 164 valence electrons. The van der Waals surface area contributed by atoms with Crippen LogP contribution in [0.2, 0.25) is 0 Å². The number of amides is 1. The van der Waals surface area contributed by atoms with E-state index in [0.29, 0.717) is 41.6 Å². The number of aryl methyl sites for hydroxylation is 1. The summed E-state index contributed by atoms with van der Waals surface area (Å²) in [5.74, 6) is 1.44. The number of allylic oxidation sites excluding steroid dienone is 1. The van der Waals surface area contributed by atoms with Gasteiger partial charge in [-0.25, -0.2) is 9.78 Å². The lowest BCUT2D eigenvalue weighted by Gasteiger charge is -2.10. The molecule has 3 rings (SSSR count). The van der Waals surface area contributed by atoms with Gasteiger partial charge in [0.2, 0.25) is 5.91 Å². The van der Waals surface area contributed by atoms with Crippen molar-refractivity contribution < 1.29 is 19.3 Å². The highest BCUT2D eigenvalue weighted by molar-refractivity contribution is 7.99. The number of aromatic amines is 1. The van der Waals surface area contributed by atoms with Gasteiger partial charge in [0.05, 0.1) is 20.0 Å². The van der Waals surface area contributed by atoms with E-state index in [1.165, 1.54) is 23.1 Å². The van der Waals surface area contributed by atoms with Crippen LogP contribution in [0.25, 0.3) is 10.2 Å². The third-order valence-corrected chi connectivity index (χ3v) is 6.60. The first kappa shape index (κ1) is 22.9. The smallest absolute Gasteiger partial charge is 0.347 e. The number of thioether (sulfide) groups is 1. The summed E-state index contributed by atoms with van der Waals surface area (Å²) in [5, 5.41) is 4.23. The topological polar surface area (TPSA) is 83.7 Å². The van der Waals surface area contributed by atoms with E-state index in [9.17, 15) is 9.59 Å². The number of benzene rings is 1. The van der Waals surface area contributed by atoms with Crippen LogP contribution in [0.1, 0.15) is 10.4 Å². The maximum absolute atomic E-state index is 12.8. The van der Waals surface area contributed by atoms with Gasteiger partial charge >= 0.3 is 10.7 Å². The van der Waals surface area contributed by atoms with Gasteiger partial charge < -0.3 is 14.8 Å². The SMILES string of the molecule is C=CCn1c(SCC(=O)NCCc2ccc(OC)c(OC)c2)[nH+]c2sc(C)cc2c1=O. The fraction of sp³-hybridized carbons (Fsp3) is 0.318. The number of aromatic nitrogens is 2. The first-order valence-corrected chi connectivity index (χ1v) is 11.5. The predicted octanol–water partition coefficient (Wildman–Crippen LogP) is 2.84. The van der Waals surface area contributed by atoms with Crippen molar-refractivity contribution in [2.45, 2.75) is 25.0 Å². The molecule has 0 saturated carbocycles. The number of nitrogens with zero attached hydrogens (tertiary/aromatic N) is 1. The average molecular weight is 461 g/mol. The number of carbonyl (C=O) groups is 1. The molecule has 0 aliphatic carbocycles. The number of methoxy groups -OCH3 is 2. The molecule has 0 radical (unpaired) electrons. The Morgan fingerprint density at radius 1 is 1.29 bits per heavy atom. The van der Waals surface area contributed by atoms with Crippen molar-refractivity contribution >= 4 is 39.2 Å². The number of hydrogen-bond acceptors (Lipinski definition) is 6. The first-order valence-electron chi connectivity index (χ1n) is 9.74. The monoisotopic (exact) mass is 460 g/mol. The molecule has 2 heterocycles. The van der Waals surface area contributed by atoms with Crippen molar-refractivity contribution in [2.24, 2.45) is 0 Å². The second kappa shape index (κ2) is 10.5. The number of ether oxygens (including phenoxy) is 2. The summed E-state index contributed by atoms with van der Waals surface area (Å²) in [5.41, 5.74) is 0.964. The molecule has 0 unspecified atom stereocenters. The highest BCUT2D eigenvalue weighted by atomic mass is 32.2. The minimum atomic E-state index is -0.0982. The summed E-state index contributed by atoms with van der Waals surface area (Å²) in [6.07, 6.45) is 2.35. The number of hydrogen-bond donors (Lipinski definition) is 1. The van der Waals surface area contributed by atoms with Crippen LogP contribution in [0.15, 0.2) is 46.9 Å². The van der Waals surface area contributed by atoms with E-state index in [4.69, 9.17) is 9.47 Å². The highest BCUT2D eigenvalue weighted by Gasteiger charge is 2.20. The van der Waals surface area contributed by atoms with Gasteiger partial charge in [-0.15, -0.1) is 0 Å². The van der Waals surface area contributed by atoms with Crippen molar-refractivity contribution in [2.75, 3.05) is 26.5 Å². The van der Waals surface area contributed by atoms with Crippen LogP contribution in [0, 0.1) is 6.92 Å². The molecule has 7 nitrogen and oxygen atoms in total. The lowest BCUT2D eigenvalue weighted by molar-refractivity contribution is -0.404. The summed E-state index contributed by atoms with van der Waals surface area (Å²) < 4.78 is 12.2. The molecule has 1 aromatic carbocycles. The molecule has 0 atom stereocenters. The van der Waals surface area contributed by atoms with Crippen molar-refractivity contribution in [3.05, 3.63) is 57.7 Å². The molecule has 0 bridgehead atoms. The second-order valence-corrected chi connectivity index (χ2v) is 9.03. The van der Waals surface area contributed by atoms with Crippen molar-refractivity contribution in [1.82, 2.24) is 9.88 Å². The summed E-state index contributed by atoms with van der Waals surface area (Å²) in [7, 11) is 3.19. The lowest BCUT2D eigenvalue weighted by atomic mass is 10.1. The van der Waals surface area contributed by atoms with Gasteiger partial charge in [0.25, 0.3) is 0 Å². The van der Waals surface area contributed by atoms with Crippen molar-refractivity contribution in [3.8, 4) is 11.5 Å². The van der Waals surface area contributed by atoms with E-state index >= 15 is 0 Å². The highest BCUT2D eigenvalue weighted by Crippen LogP contribution is 2.27. The van der Waals surface area contributed by atoms with Crippen LogP contribution in [0.4, 0.5) is 0 Å². The molecule has 31 heavy (non-hydrogen) atoms. The molecule has 0 saturated heterocycles. The average Bonchev–Trinajstić information content (AvgIpc) is 3.15. The lowest BCUT2D eigenvalue weighted by Crippen LogP contribution is -2.31. The van der Waals surface area contributed by atoms with Gasteiger partial charge in [-0.2, -0.15) is 4.57 Å². The molecule has 9 heteroatoms. The fourth-order valence-electron chi connectivity index (χ4n) is 3.14. The van der Waals surface area contributed by atoms with Crippen molar-refractivity contribution in [3.63, 3.8) is 0 Å². The van der Waals surface area contributed by atoms with Gasteiger partial charge in [-0.3, -0.25) is 4.79 Å². The minimum absolute atomic E-state index is 0.0747. The summed E-state index contributed by atoms with van der Waals surface area (Å²) in [6, 6.07) is 7.58. The zero-order valence-electron chi connectivity index (χ0n) is 17.8. The van der Waals surface area contributed by atoms with E-state index in [0.717, 1.165) is 15.3 Å². The van der Waals surface area contributed by atoms with Crippen LogP contribution in [0.5, 0.6) is 11.5 Å². The minimum Gasteiger partial charge on any atom is -0.493 e. The van der Waals surface area contributed by atoms with Gasteiger partial charge in [0, 0.05) is 11.4 Å². The second-order valence-electron chi connectivity index (χ2n) is 6.81. The largest absolute Gasteiger partial charge is 0.493 e. The maximum atomic E-state index is 12.8. The van der Waals surface area contributed by atoms with Crippen LogP contribution < -0.4 is 25.3 Å². The Morgan fingerprint density at radius 2 is 2.06 bits per heavy atom. The summed E-state index contributed by atoms with van der Waals surface area (Å²) in [4.78, 5) is 30.3. The van der Waals surface area contributed by atoms with E-state index in [2.05, 4.69) is 16.9 Å².